The second-order valence-corrected chi connectivity index (χ2v) is 9.68. The fraction of sp³-hybridized carbons (Fsp3) is 0.636. The average Bonchev–Trinajstić information content (AvgIpc) is 2.69. The maximum atomic E-state index is 12.3. The number of carbonyl (C=O) groups excluding carboxylic acids is 3. The molecule has 0 spiro atoms. The van der Waals surface area contributed by atoms with Gasteiger partial charge in [0.15, 0.2) is 0 Å². The molecule has 4 N–H and O–H groups in total. The first kappa shape index (κ1) is 25.1. The number of aromatic amines is 1. The van der Waals surface area contributed by atoms with Crippen LogP contribution in [0.5, 0.6) is 0 Å². The number of nitrogens with zero attached hydrogens (tertiary/aromatic N) is 1. The van der Waals surface area contributed by atoms with Crippen LogP contribution in [0.25, 0.3) is 0 Å². The third-order valence-corrected chi connectivity index (χ3v) is 5.93. The van der Waals surface area contributed by atoms with E-state index in [0.29, 0.717) is 32.4 Å². The van der Waals surface area contributed by atoms with Crippen molar-refractivity contribution in [3.63, 3.8) is 0 Å². The number of ketones is 2. The van der Waals surface area contributed by atoms with Gasteiger partial charge in [0.2, 0.25) is 0 Å². The Morgan fingerprint density at radius 1 is 1.23 bits per heavy atom. The Bertz CT molecular complexity index is 867. The van der Waals surface area contributed by atoms with E-state index in [-0.39, 0.29) is 39.3 Å². The van der Waals surface area contributed by atoms with Gasteiger partial charge < -0.3 is 16.0 Å². The molecule has 0 bridgehead atoms. The Hall–Kier alpha value is -2.19. The van der Waals surface area contributed by atoms with Crippen molar-refractivity contribution in [1.29, 1.82) is 0 Å². The van der Waals surface area contributed by atoms with E-state index in [1.165, 1.54) is 6.07 Å². The van der Waals surface area contributed by atoms with Gasteiger partial charge in [-0.15, -0.1) is 0 Å². The van der Waals surface area contributed by atoms with Crippen LogP contribution >= 0.6 is 11.6 Å². The number of carbonyl (C=O) groups is 3. The number of Topliss-reactive ketones (excluding diaryl/α,β-unsaturated/α-hetero) is 2. The molecule has 8 nitrogen and oxygen atoms in total. The number of aromatic nitrogens is 1. The molecule has 1 aromatic heterocycles. The molecule has 1 aromatic rings. The number of halogens is 1. The lowest BCUT2D eigenvalue weighted by molar-refractivity contribution is -0.126. The van der Waals surface area contributed by atoms with Crippen molar-refractivity contribution in [2.75, 3.05) is 31.9 Å². The Balaban J connectivity index is 1.69. The number of hydrogen-bond acceptors (Lipinski definition) is 6. The van der Waals surface area contributed by atoms with E-state index in [4.69, 9.17) is 17.3 Å². The molecule has 1 amide bonds. The molecule has 0 saturated carbocycles. The van der Waals surface area contributed by atoms with Crippen LogP contribution in [0.1, 0.15) is 63.2 Å². The number of piperidine rings is 1. The van der Waals surface area contributed by atoms with Gasteiger partial charge in [0.1, 0.15) is 22.9 Å². The molecule has 1 aliphatic rings. The molecule has 172 valence electrons. The summed E-state index contributed by atoms with van der Waals surface area (Å²) in [6.07, 6.45) is 3.19. The van der Waals surface area contributed by atoms with Crippen LogP contribution in [0.3, 0.4) is 0 Å². The monoisotopic (exact) mass is 452 g/mol. The smallest absolute Gasteiger partial charge is 0.262 e. The number of nitrogens with two attached hydrogens (primary N) is 1. The van der Waals surface area contributed by atoms with Crippen LogP contribution in [0.2, 0.25) is 5.02 Å². The van der Waals surface area contributed by atoms with Crippen molar-refractivity contribution in [2.24, 2.45) is 11.3 Å². The van der Waals surface area contributed by atoms with E-state index < -0.39 is 11.5 Å². The number of rotatable bonds is 9. The summed E-state index contributed by atoms with van der Waals surface area (Å²) in [4.78, 5) is 52.8. The van der Waals surface area contributed by atoms with Crippen molar-refractivity contribution < 1.29 is 14.4 Å². The van der Waals surface area contributed by atoms with Crippen molar-refractivity contribution in [3.05, 3.63) is 27.0 Å². The summed E-state index contributed by atoms with van der Waals surface area (Å²) >= 11 is 5.88. The van der Waals surface area contributed by atoms with Gasteiger partial charge in [0.25, 0.3) is 11.5 Å². The average molecular weight is 453 g/mol. The quantitative estimate of drug-likeness (QED) is 0.528. The second-order valence-electron chi connectivity index (χ2n) is 9.27. The summed E-state index contributed by atoms with van der Waals surface area (Å²) in [6, 6.07) is 1.27. The minimum atomic E-state index is -0.572. The highest BCUT2D eigenvalue weighted by Crippen LogP contribution is 2.20. The highest BCUT2D eigenvalue weighted by atomic mass is 35.5. The molecule has 1 fully saturated rings. The normalized spacial score (nSPS) is 15.6. The predicted octanol–water partition coefficient (Wildman–Crippen LogP) is 2.41. The number of pyridine rings is 1. The number of H-pyrrole nitrogens is 1. The largest absolute Gasteiger partial charge is 0.384 e. The summed E-state index contributed by atoms with van der Waals surface area (Å²) in [5.74, 6) is 0.179. The zero-order valence-electron chi connectivity index (χ0n) is 18.6. The van der Waals surface area contributed by atoms with Crippen LogP contribution in [0.4, 0.5) is 5.82 Å². The van der Waals surface area contributed by atoms with Crippen LogP contribution in [0.15, 0.2) is 10.9 Å². The van der Waals surface area contributed by atoms with Gasteiger partial charge in [-0.25, -0.2) is 0 Å². The molecule has 9 heteroatoms. The molecule has 0 atom stereocenters. The van der Waals surface area contributed by atoms with Gasteiger partial charge in [-0.2, -0.15) is 0 Å². The third kappa shape index (κ3) is 7.78. The summed E-state index contributed by atoms with van der Waals surface area (Å²) in [6.45, 7) is 8.11. The second kappa shape index (κ2) is 10.9. The number of anilines is 1. The van der Waals surface area contributed by atoms with E-state index in [0.717, 1.165) is 25.9 Å². The molecule has 0 unspecified atom stereocenters. The summed E-state index contributed by atoms with van der Waals surface area (Å²) in [7, 11) is 0. The van der Waals surface area contributed by atoms with Gasteiger partial charge in [0, 0.05) is 24.8 Å². The maximum absolute atomic E-state index is 12.3. The first-order chi connectivity index (χ1) is 14.5. The lowest BCUT2D eigenvalue weighted by Crippen LogP contribution is -2.41. The minimum absolute atomic E-state index is 0.0333. The lowest BCUT2D eigenvalue weighted by atomic mass is 9.88. The molecular weight excluding hydrogens is 420 g/mol. The van der Waals surface area contributed by atoms with Crippen molar-refractivity contribution in [2.45, 2.75) is 52.9 Å². The fourth-order valence-electron chi connectivity index (χ4n) is 3.52. The Labute approximate surface area is 187 Å². The summed E-state index contributed by atoms with van der Waals surface area (Å²) in [5.41, 5.74) is 4.53. The highest BCUT2D eigenvalue weighted by Gasteiger charge is 2.23. The first-order valence-corrected chi connectivity index (χ1v) is 11.1. The van der Waals surface area contributed by atoms with E-state index in [2.05, 4.69) is 15.2 Å². The Morgan fingerprint density at radius 3 is 2.48 bits per heavy atom. The minimum Gasteiger partial charge on any atom is -0.384 e. The molecule has 1 aliphatic heterocycles. The van der Waals surface area contributed by atoms with Gasteiger partial charge >= 0.3 is 0 Å². The summed E-state index contributed by atoms with van der Waals surface area (Å²) < 4.78 is 0. The fourth-order valence-corrected chi connectivity index (χ4v) is 3.67. The standard InChI is InChI=1S/C22H33ClN4O4/c1-22(2,3)18(29)6-4-5-15(28)13-27-9-7-14(8-10-27)12-25-20(30)16-11-17(23)19(24)26-21(16)31/h11,14H,4-10,12-13H2,1-3H3,(H,25,30)(H3,24,26,31). The van der Waals surface area contributed by atoms with Gasteiger partial charge in [-0.05, 0) is 44.3 Å². The molecule has 0 radical (unpaired) electrons. The molecule has 31 heavy (non-hydrogen) atoms. The van der Waals surface area contributed by atoms with Crippen molar-refractivity contribution in [1.82, 2.24) is 15.2 Å². The highest BCUT2D eigenvalue weighted by molar-refractivity contribution is 6.33. The third-order valence-electron chi connectivity index (χ3n) is 5.62. The van der Waals surface area contributed by atoms with E-state index in [1.807, 2.05) is 20.8 Å². The lowest BCUT2D eigenvalue weighted by Gasteiger charge is -2.31. The van der Waals surface area contributed by atoms with Gasteiger partial charge in [-0.3, -0.25) is 24.1 Å². The zero-order valence-corrected chi connectivity index (χ0v) is 19.3. The number of likely N-dealkylation sites (tertiary alicyclic amines) is 1. The molecule has 2 heterocycles. The number of amides is 1. The molecule has 2 rings (SSSR count). The Morgan fingerprint density at radius 2 is 1.87 bits per heavy atom. The van der Waals surface area contributed by atoms with E-state index in [1.54, 1.807) is 0 Å². The van der Waals surface area contributed by atoms with E-state index >= 15 is 0 Å². The number of hydrogen-bond donors (Lipinski definition) is 3. The molecule has 0 aliphatic carbocycles. The van der Waals surface area contributed by atoms with Gasteiger partial charge in [-0.1, -0.05) is 32.4 Å². The molecule has 1 saturated heterocycles. The summed E-state index contributed by atoms with van der Waals surface area (Å²) in [5, 5.41) is 2.92. The topological polar surface area (TPSA) is 125 Å². The SMILES string of the molecule is CC(C)(C)C(=O)CCCC(=O)CN1CCC(CNC(=O)c2cc(Cl)c(N)[nH]c2=O)CC1. The maximum Gasteiger partial charge on any atom is 0.262 e. The van der Waals surface area contributed by atoms with Crippen LogP contribution in [-0.4, -0.2) is 53.5 Å². The van der Waals surface area contributed by atoms with E-state index in [9.17, 15) is 19.2 Å². The molecule has 0 aromatic carbocycles. The van der Waals surface area contributed by atoms with Crippen LogP contribution in [0, 0.1) is 11.3 Å². The van der Waals surface area contributed by atoms with Crippen LogP contribution < -0.4 is 16.6 Å². The van der Waals surface area contributed by atoms with Gasteiger partial charge in [0.05, 0.1) is 11.6 Å². The first-order valence-electron chi connectivity index (χ1n) is 10.7. The predicted molar refractivity (Wildman–Crippen MR) is 121 cm³/mol. The van der Waals surface area contributed by atoms with Crippen molar-refractivity contribution in [3.8, 4) is 0 Å². The molecular formula is C22H33ClN4O4. The Kier molecular flexibility index (Phi) is 8.82. The zero-order chi connectivity index (χ0) is 23.2. The number of nitrogen functional groups attached to an aromatic ring is 1. The van der Waals surface area contributed by atoms with Crippen LogP contribution in [-0.2, 0) is 9.59 Å². The van der Waals surface area contributed by atoms with Crippen molar-refractivity contribution >= 4 is 34.9 Å². The number of nitrogens with one attached hydrogen (secondary N) is 2.